The Morgan fingerprint density at radius 2 is 1.71 bits per heavy atom. The number of hydrogen-bond donors (Lipinski definition) is 3. The van der Waals surface area contributed by atoms with Crippen LogP contribution in [0.15, 0.2) is 48.5 Å². The van der Waals surface area contributed by atoms with Crippen LogP contribution in [0.4, 0.5) is 4.79 Å². The van der Waals surface area contributed by atoms with E-state index in [-0.39, 0.29) is 31.6 Å². The van der Waals surface area contributed by atoms with Crippen LogP contribution in [-0.4, -0.2) is 55.0 Å². The van der Waals surface area contributed by atoms with E-state index in [0.29, 0.717) is 13.0 Å². The van der Waals surface area contributed by atoms with Gasteiger partial charge in [-0.05, 0) is 41.0 Å². The van der Waals surface area contributed by atoms with Gasteiger partial charge in [0.05, 0.1) is 12.5 Å². The first-order valence-electron chi connectivity index (χ1n) is 12.2. The minimum Gasteiger partial charge on any atom is -0.481 e. The Kier molecular flexibility index (Phi) is 6.47. The van der Waals surface area contributed by atoms with E-state index in [1.807, 2.05) is 36.4 Å². The minimum atomic E-state index is -1.27. The first kappa shape index (κ1) is 23.4. The predicted octanol–water partition coefficient (Wildman–Crippen LogP) is 3.30. The number of nitrogens with one attached hydrogen (secondary N) is 2. The maximum Gasteiger partial charge on any atom is 0.408 e. The Balaban J connectivity index is 1.23. The second-order valence-electron chi connectivity index (χ2n) is 9.68. The van der Waals surface area contributed by atoms with Crippen LogP contribution in [0, 0.1) is 11.8 Å². The topological polar surface area (TPSA) is 114 Å². The maximum atomic E-state index is 13.1. The molecule has 1 saturated carbocycles. The molecule has 5 rings (SSSR count). The number of carbonyl (C=O) groups is 3. The summed E-state index contributed by atoms with van der Waals surface area (Å²) in [4.78, 5) is 37.6. The zero-order valence-corrected chi connectivity index (χ0v) is 19.5. The molecule has 2 atom stereocenters. The molecular weight excluding hydrogens is 448 g/mol. The Hall–Kier alpha value is -3.39. The molecule has 2 aromatic carbocycles. The molecule has 0 bridgehead atoms. The van der Waals surface area contributed by atoms with Gasteiger partial charge in [0.1, 0.15) is 12.1 Å². The van der Waals surface area contributed by atoms with Crippen molar-refractivity contribution < 1.29 is 29.0 Å². The quantitative estimate of drug-likeness (QED) is 0.537. The summed E-state index contributed by atoms with van der Waals surface area (Å²) < 4.78 is 11.1. The van der Waals surface area contributed by atoms with Crippen molar-refractivity contribution in [3.05, 3.63) is 59.7 Å². The van der Waals surface area contributed by atoms with Gasteiger partial charge >= 0.3 is 12.1 Å². The van der Waals surface area contributed by atoms with Crippen LogP contribution in [0.2, 0.25) is 0 Å². The van der Waals surface area contributed by atoms with E-state index >= 15 is 0 Å². The van der Waals surface area contributed by atoms with Gasteiger partial charge in [-0.15, -0.1) is 0 Å². The Morgan fingerprint density at radius 3 is 2.26 bits per heavy atom. The third kappa shape index (κ3) is 4.50. The molecule has 1 heterocycles. The van der Waals surface area contributed by atoms with Gasteiger partial charge in [-0.2, -0.15) is 0 Å². The smallest absolute Gasteiger partial charge is 0.408 e. The highest BCUT2D eigenvalue weighted by molar-refractivity contribution is 5.91. The number of amides is 2. The van der Waals surface area contributed by atoms with Gasteiger partial charge in [0.15, 0.2) is 0 Å². The van der Waals surface area contributed by atoms with E-state index in [2.05, 4.69) is 22.8 Å². The van der Waals surface area contributed by atoms with Crippen LogP contribution < -0.4 is 10.6 Å². The number of carboxylic acids is 1. The molecule has 1 aliphatic heterocycles. The average molecular weight is 479 g/mol. The van der Waals surface area contributed by atoms with Crippen molar-refractivity contribution in [2.75, 3.05) is 26.4 Å². The molecule has 0 spiro atoms. The first-order valence-corrected chi connectivity index (χ1v) is 12.2. The fraction of sp³-hybridized carbons (Fsp3) is 0.444. The minimum absolute atomic E-state index is 0.0181. The highest BCUT2D eigenvalue weighted by Crippen LogP contribution is 2.44. The Morgan fingerprint density at radius 1 is 1.06 bits per heavy atom. The van der Waals surface area contributed by atoms with Crippen LogP contribution in [0.3, 0.4) is 0 Å². The molecule has 184 valence electrons. The van der Waals surface area contributed by atoms with Gasteiger partial charge < -0.3 is 25.2 Å². The summed E-state index contributed by atoms with van der Waals surface area (Å²) in [6, 6.07) is 16.2. The molecule has 2 unspecified atom stereocenters. The third-order valence-corrected chi connectivity index (χ3v) is 7.66. The van der Waals surface area contributed by atoms with Gasteiger partial charge in [0.25, 0.3) is 0 Å². The lowest BCUT2D eigenvalue weighted by molar-refractivity contribution is -0.145. The molecular formula is C27H30N2O6. The normalized spacial score (nSPS) is 21.9. The fourth-order valence-corrected chi connectivity index (χ4v) is 5.40. The van der Waals surface area contributed by atoms with Crippen molar-refractivity contribution >= 4 is 18.0 Å². The molecule has 1 saturated heterocycles. The van der Waals surface area contributed by atoms with Gasteiger partial charge in [0.2, 0.25) is 5.91 Å². The van der Waals surface area contributed by atoms with Crippen molar-refractivity contribution in [2.45, 2.75) is 37.1 Å². The zero-order chi connectivity index (χ0) is 24.4. The number of alkyl carbamates (subject to hydrolysis) is 1. The molecule has 3 aliphatic rings. The van der Waals surface area contributed by atoms with Crippen molar-refractivity contribution in [3.63, 3.8) is 0 Å². The van der Waals surface area contributed by atoms with Crippen LogP contribution in [0.25, 0.3) is 11.1 Å². The molecule has 2 aromatic rings. The number of ether oxygens (including phenoxy) is 2. The molecule has 2 aliphatic carbocycles. The monoisotopic (exact) mass is 478 g/mol. The SMILES string of the molecule is O=C(NC1(C(=O)NCC(C(=O)O)C2CCC2)CCOC1)OCC1c2ccccc2-c2ccccc21. The summed E-state index contributed by atoms with van der Waals surface area (Å²) in [6.07, 6.45) is 2.34. The number of fused-ring (bicyclic) bond motifs is 3. The maximum absolute atomic E-state index is 13.1. The van der Waals surface area contributed by atoms with Crippen molar-refractivity contribution in [1.82, 2.24) is 10.6 Å². The lowest BCUT2D eigenvalue weighted by Gasteiger charge is -2.33. The molecule has 0 radical (unpaired) electrons. The molecule has 0 aromatic heterocycles. The van der Waals surface area contributed by atoms with Gasteiger partial charge in [-0.25, -0.2) is 4.79 Å². The van der Waals surface area contributed by atoms with E-state index in [0.717, 1.165) is 41.5 Å². The summed E-state index contributed by atoms with van der Waals surface area (Å²) in [7, 11) is 0. The standard InChI is InChI=1S/C27H30N2O6/c30-24(31)22(17-6-5-7-17)14-28-25(32)27(12-13-34-16-27)29-26(33)35-15-23-20-10-3-1-8-18(20)19-9-2-4-11-21(19)23/h1-4,8-11,17,22-23H,5-7,12-16H2,(H,28,32)(H,29,33)(H,30,31). The first-order chi connectivity index (χ1) is 17.0. The second-order valence-corrected chi connectivity index (χ2v) is 9.68. The highest BCUT2D eigenvalue weighted by Gasteiger charge is 2.45. The van der Waals surface area contributed by atoms with E-state index < -0.39 is 29.4 Å². The van der Waals surface area contributed by atoms with Gasteiger partial charge in [-0.1, -0.05) is 55.0 Å². The Bertz CT molecular complexity index is 1080. The Labute approximate surface area is 204 Å². The van der Waals surface area contributed by atoms with E-state index in [1.54, 1.807) is 0 Å². The summed E-state index contributed by atoms with van der Waals surface area (Å²) in [5, 5.41) is 15.0. The molecule has 3 N–H and O–H groups in total. The second kappa shape index (κ2) is 9.70. The molecule has 8 nitrogen and oxygen atoms in total. The molecule has 2 fully saturated rings. The van der Waals surface area contributed by atoms with E-state index in [9.17, 15) is 19.5 Å². The number of hydrogen-bond acceptors (Lipinski definition) is 5. The predicted molar refractivity (Wildman–Crippen MR) is 128 cm³/mol. The molecule has 35 heavy (non-hydrogen) atoms. The summed E-state index contributed by atoms with van der Waals surface area (Å²) in [5.74, 6) is -1.97. The number of carboxylic acid groups (broad SMARTS) is 1. The third-order valence-electron chi connectivity index (χ3n) is 7.66. The van der Waals surface area contributed by atoms with E-state index in [1.165, 1.54) is 0 Å². The average Bonchev–Trinajstić information content (AvgIpc) is 3.42. The van der Waals surface area contributed by atoms with Crippen LogP contribution in [-0.2, 0) is 19.1 Å². The van der Waals surface area contributed by atoms with Crippen LogP contribution >= 0.6 is 0 Å². The number of aliphatic carboxylic acids is 1. The van der Waals surface area contributed by atoms with Crippen LogP contribution in [0.1, 0.15) is 42.7 Å². The van der Waals surface area contributed by atoms with Crippen molar-refractivity contribution in [3.8, 4) is 11.1 Å². The van der Waals surface area contributed by atoms with Crippen molar-refractivity contribution in [1.29, 1.82) is 0 Å². The van der Waals surface area contributed by atoms with Gasteiger partial charge in [0, 0.05) is 25.5 Å². The van der Waals surface area contributed by atoms with Gasteiger partial charge in [-0.3, -0.25) is 9.59 Å². The summed E-state index contributed by atoms with van der Waals surface area (Å²) in [5.41, 5.74) is 3.21. The van der Waals surface area contributed by atoms with Crippen LogP contribution in [0.5, 0.6) is 0 Å². The lowest BCUT2D eigenvalue weighted by atomic mass is 9.76. The molecule has 8 heteroatoms. The molecule has 2 amide bonds. The van der Waals surface area contributed by atoms with E-state index in [4.69, 9.17) is 9.47 Å². The van der Waals surface area contributed by atoms with Crippen molar-refractivity contribution in [2.24, 2.45) is 11.8 Å². The zero-order valence-electron chi connectivity index (χ0n) is 19.5. The highest BCUT2D eigenvalue weighted by atomic mass is 16.6. The fourth-order valence-electron chi connectivity index (χ4n) is 5.40. The largest absolute Gasteiger partial charge is 0.481 e. The number of rotatable bonds is 8. The lowest BCUT2D eigenvalue weighted by Crippen LogP contribution is -2.60. The summed E-state index contributed by atoms with van der Waals surface area (Å²) >= 11 is 0. The number of carbonyl (C=O) groups excluding carboxylic acids is 2. The number of benzene rings is 2. The summed E-state index contributed by atoms with van der Waals surface area (Å²) in [6.45, 7) is 0.514.